The fourth-order valence-electron chi connectivity index (χ4n) is 0. The van der Waals surface area contributed by atoms with Crippen LogP contribution in [0.1, 0.15) is 70.2 Å². The molecular formula is C11H35NS. The normalized spacial score (nSPS) is 3.31. The quantitative estimate of drug-likeness (QED) is 0.501. The van der Waals surface area contributed by atoms with Gasteiger partial charge in [-0.2, -0.15) is 0 Å². The smallest absolute Gasteiger partial charge is 0.0409 e. The van der Waals surface area contributed by atoms with E-state index in [1.165, 1.54) is 6.42 Å². The largest absolute Gasteiger partial charge is 0.223 e. The molecule has 0 aromatic carbocycles. The van der Waals surface area contributed by atoms with Crippen molar-refractivity contribution in [2.45, 2.75) is 70.2 Å². The lowest BCUT2D eigenvalue weighted by molar-refractivity contribution is 1.09. The second kappa shape index (κ2) is 358. The zero-order chi connectivity index (χ0) is 9.41. The molecule has 0 aromatic heterocycles. The molecule has 0 saturated carbocycles. The predicted octanol–water partition coefficient (Wildman–Crippen LogP) is 5.72. The van der Waals surface area contributed by atoms with Crippen molar-refractivity contribution >= 4 is 12.4 Å². The third-order valence-electron chi connectivity index (χ3n) is 0. The Morgan fingerprint density at radius 3 is 0.846 bits per heavy atom. The van der Waals surface area contributed by atoms with Gasteiger partial charge in [-0.15, -0.1) is 0 Å². The molecule has 13 heavy (non-hydrogen) atoms. The van der Waals surface area contributed by atoms with Gasteiger partial charge >= 0.3 is 0 Å². The summed E-state index contributed by atoms with van der Waals surface area (Å²) in [5, 5.41) is 0. The predicted molar refractivity (Wildman–Crippen MR) is 74.6 cm³/mol. The van der Waals surface area contributed by atoms with E-state index in [1.807, 2.05) is 27.7 Å². The van der Waals surface area contributed by atoms with Crippen LogP contribution in [0.2, 0.25) is 0 Å². The molecule has 0 fully saturated rings. The van der Waals surface area contributed by atoms with Crippen LogP contribution in [0, 0.1) is 0 Å². The van der Waals surface area contributed by atoms with Crippen molar-refractivity contribution in [2.24, 2.45) is 4.36 Å². The van der Waals surface area contributed by atoms with Gasteiger partial charge in [-0.3, -0.25) is 0 Å². The lowest BCUT2D eigenvalue weighted by Crippen LogP contribution is -1.27. The van der Waals surface area contributed by atoms with Crippen molar-refractivity contribution in [3.8, 4) is 0 Å². The van der Waals surface area contributed by atoms with Gasteiger partial charge in [0.05, 0.1) is 0 Å². The lowest BCUT2D eigenvalue weighted by atomic mass is 10.6. The van der Waals surface area contributed by atoms with E-state index in [0.29, 0.717) is 0 Å². The summed E-state index contributed by atoms with van der Waals surface area (Å²) in [6.07, 6.45) is 1.25. The Labute approximate surface area is 94.5 Å². The van der Waals surface area contributed by atoms with Crippen LogP contribution in [0.3, 0.4) is 0 Å². The van der Waals surface area contributed by atoms with Crippen molar-refractivity contribution in [2.75, 3.05) is 7.05 Å². The fraction of sp³-hybridized carbons (Fsp3) is 1.00. The molecule has 0 N–H and O–H groups in total. The number of hydrogen-bond acceptors (Lipinski definition) is 2. The van der Waals surface area contributed by atoms with Crippen LogP contribution >= 0.6 is 0 Å². The standard InChI is InChI=1S/C3H8.2C2H6.CH3NS.3CH4/c1-3-2;2*1-2;1-2-3;;;/h3H2,1-2H3;2*1-2H3;1H3;3*1H4. The van der Waals surface area contributed by atoms with Crippen molar-refractivity contribution in [1.82, 2.24) is 0 Å². The average molecular weight is 213 g/mol. The topological polar surface area (TPSA) is 12.4 Å². The summed E-state index contributed by atoms with van der Waals surface area (Å²) in [6.45, 7) is 12.2. The van der Waals surface area contributed by atoms with Crippen LogP contribution in [-0.4, -0.2) is 7.05 Å². The van der Waals surface area contributed by atoms with Gasteiger partial charge in [0.2, 0.25) is 0 Å². The second-order valence-corrected chi connectivity index (χ2v) is 1.25. The van der Waals surface area contributed by atoms with Gasteiger partial charge in [-0.25, -0.2) is 4.36 Å². The summed E-state index contributed by atoms with van der Waals surface area (Å²) in [7, 11) is 1.56. The zero-order valence-electron chi connectivity index (χ0n) is 8.56. The van der Waals surface area contributed by atoms with E-state index < -0.39 is 0 Å². The third-order valence-corrected chi connectivity index (χ3v) is 0. The highest BCUT2D eigenvalue weighted by Gasteiger charge is 1.35. The Bertz CT molecular complexity index is 24.1. The van der Waals surface area contributed by atoms with Gasteiger partial charge in [-0.1, -0.05) is 70.2 Å². The summed E-state index contributed by atoms with van der Waals surface area (Å²) in [4.78, 5) is 0. The first kappa shape index (κ1) is 51.9. The summed E-state index contributed by atoms with van der Waals surface area (Å²) in [5.74, 6) is 0. The summed E-state index contributed by atoms with van der Waals surface area (Å²) < 4.78 is 3.08. The van der Waals surface area contributed by atoms with Crippen LogP contribution < -0.4 is 0 Å². The van der Waals surface area contributed by atoms with Crippen LogP contribution in [0.5, 0.6) is 0 Å². The molecule has 0 atom stereocenters. The molecule has 0 bridgehead atoms. The summed E-state index contributed by atoms with van der Waals surface area (Å²) in [5.41, 5.74) is 0. The Morgan fingerprint density at radius 1 is 0.846 bits per heavy atom. The van der Waals surface area contributed by atoms with E-state index in [1.54, 1.807) is 7.05 Å². The maximum absolute atomic E-state index is 4.02. The number of hydrogen-bond donors (Lipinski definition) is 0. The Hall–Kier alpha value is 0.0200. The average Bonchev–Trinajstić information content (AvgIpc) is 1.99. The van der Waals surface area contributed by atoms with Crippen molar-refractivity contribution in [3.63, 3.8) is 0 Å². The van der Waals surface area contributed by atoms with Crippen LogP contribution in [0.4, 0.5) is 0 Å². The first-order valence-corrected chi connectivity index (χ1v) is 4.41. The molecular weight excluding hydrogens is 178 g/mol. The SMILES string of the molecule is C.C.C.CC.CC.CCC.CN=S. The Balaban J connectivity index is -0.00000000698. The first-order valence-electron chi connectivity index (χ1n) is 4.04. The van der Waals surface area contributed by atoms with Crippen molar-refractivity contribution in [3.05, 3.63) is 0 Å². The monoisotopic (exact) mass is 213 g/mol. The van der Waals surface area contributed by atoms with Gasteiger partial charge in [0.1, 0.15) is 0 Å². The van der Waals surface area contributed by atoms with Crippen molar-refractivity contribution < 1.29 is 0 Å². The molecule has 0 aromatic rings. The molecule has 0 amide bonds. The third kappa shape index (κ3) is 3020000. The molecule has 90 valence electrons. The summed E-state index contributed by atoms with van der Waals surface area (Å²) >= 11 is 4.02. The number of rotatable bonds is 0. The fourth-order valence-corrected chi connectivity index (χ4v) is 0. The van der Waals surface area contributed by atoms with E-state index in [0.717, 1.165) is 0 Å². The molecule has 0 aliphatic heterocycles. The van der Waals surface area contributed by atoms with E-state index in [9.17, 15) is 0 Å². The molecule has 0 spiro atoms. The minimum atomic E-state index is 0. The molecule has 0 aliphatic carbocycles. The molecule has 1 nitrogen and oxygen atoms in total. The Kier molecular flexibility index (Phi) is 1430. The van der Waals surface area contributed by atoms with Gasteiger partial charge < -0.3 is 0 Å². The molecule has 0 rings (SSSR count). The van der Waals surface area contributed by atoms with E-state index in [2.05, 4.69) is 30.6 Å². The van der Waals surface area contributed by atoms with Gasteiger partial charge in [0, 0.05) is 19.5 Å². The molecule has 0 unspecified atom stereocenters. The molecule has 2 heteroatoms. The highest BCUT2D eigenvalue weighted by Crippen LogP contribution is 1.56. The highest BCUT2D eigenvalue weighted by atomic mass is 32.1. The first-order chi connectivity index (χ1) is 4.83. The maximum Gasteiger partial charge on any atom is 0.0409 e. The molecule has 0 aliphatic rings. The van der Waals surface area contributed by atoms with Crippen molar-refractivity contribution in [1.29, 1.82) is 0 Å². The van der Waals surface area contributed by atoms with Crippen LogP contribution in [-0.2, 0) is 12.4 Å². The molecule has 0 radical (unpaired) electrons. The maximum atomic E-state index is 4.02. The Morgan fingerprint density at radius 2 is 0.846 bits per heavy atom. The van der Waals surface area contributed by atoms with Gasteiger partial charge in [-0.05, 0) is 0 Å². The van der Waals surface area contributed by atoms with E-state index in [-0.39, 0.29) is 22.3 Å². The lowest BCUT2D eigenvalue weighted by Gasteiger charge is -1.48. The zero-order valence-corrected chi connectivity index (χ0v) is 9.38. The number of nitrogens with zero attached hydrogens (tertiary/aromatic N) is 1. The van der Waals surface area contributed by atoms with Gasteiger partial charge in [0.25, 0.3) is 0 Å². The molecule has 0 saturated heterocycles. The van der Waals surface area contributed by atoms with E-state index >= 15 is 0 Å². The minimum absolute atomic E-state index is 0. The molecule has 0 heterocycles. The van der Waals surface area contributed by atoms with Gasteiger partial charge in [0.15, 0.2) is 0 Å². The second-order valence-electron chi connectivity index (χ2n) is 0.890. The van der Waals surface area contributed by atoms with E-state index in [4.69, 9.17) is 0 Å². The van der Waals surface area contributed by atoms with Crippen LogP contribution in [0.25, 0.3) is 0 Å². The van der Waals surface area contributed by atoms with Crippen LogP contribution in [0.15, 0.2) is 4.36 Å². The minimum Gasteiger partial charge on any atom is -0.223 e. The summed E-state index contributed by atoms with van der Waals surface area (Å²) in [6, 6.07) is 0. The highest BCUT2D eigenvalue weighted by molar-refractivity contribution is 7.47.